The monoisotopic (exact) mass is 249 g/mol. The van der Waals surface area contributed by atoms with Crippen LogP contribution in [-0.4, -0.2) is 47.3 Å². The summed E-state index contributed by atoms with van der Waals surface area (Å²) < 4.78 is 2.82. The molecule has 1 aliphatic rings. The van der Waals surface area contributed by atoms with Crippen molar-refractivity contribution in [1.29, 1.82) is 0 Å². The maximum absolute atomic E-state index is 2.82. The first-order valence-electron chi connectivity index (χ1n) is 5.56. The van der Waals surface area contributed by atoms with E-state index < -0.39 is 20.4 Å². The maximum atomic E-state index is 2.82. The van der Waals surface area contributed by atoms with E-state index in [-0.39, 0.29) is 0 Å². The Morgan fingerprint density at radius 1 is 1.00 bits per heavy atom. The number of hydrogen-bond acceptors (Lipinski definition) is 1. The normalized spacial score (nSPS) is 25.7. The lowest BCUT2D eigenvalue weighted by molar-refractivity contribution is 0.510. The topological polar surface area (TPSA) is 3.24 Å². The minimum atomic E-state index is -0.603. The summed E-state index contributed by atoms with van der Waals surface area (Å²) >= 11 is 0. The molecule has 1 nitrogen and oxygen atoms in total. The van der Waals surface area contributed by atoms with Crippen LogP contribution in [0.1, 0.15) is 19.3 Å². The van der Waals surface area contributed by atoms with Gasteiger partial charge >= 0.3 is 0 Å². The summed E-state index contributed by atoms with van der Waals surface area (Å²) in [6.45, 7) is 0. The molecule has 0 saturated carbocycles. The third kappa shape index (κ3) is 3.72. The van der Waals surface area contributed by atoms with Gasteiger partial charge in [0.2, 0.25) is 0 Å². The zero-order valence-electron chi connectivity index (χ0n) is 11.1. The largest absolute Gasteiger partial charge is 0.225 e. The van der Waals surface area contributed by atoms with Crippen LogP contribution >= 0.6 is 20.4 Å². The number of rotatable bonds is 3. The molecule has 0 fully saturated rings. The molecule has 3 heteroatoms. The fourth-order valence-electron chi connectivity index (χ4n) is 2.45. The molecule has 0 aromatic rings. The van der Waals surface area contributed by atoms with Crippen LogP contribution in [0.2, 0.25) is 0 Å². The van der Waals surface area contributed by atoms with Crippen LogP contribution in [0.25, 0.3) is 0 Å². The lowest BCUT2D eigenvalue weighted by Crippen LogP contribution is -2.37. The molecule has 0 spiro atoms. The van der Waals surface area contributed by atoms with E-state index in [2.05, 4.69) is 53.4 Å². The minimum Gasteiger partial charge on any atom is -0.225 e. The number of nitrogens with zero attached hydrogens (tertiary/aromatic N) is 1. The fourth-order valence-corrected chi connectivity index (χ4v) is 9.80. The summed E-state index contributed by atoms with van der Waals surface area (Å²) in [7, 11) is -1.21. The molecule has 0 radical (unpaired) electrons. The highest BCUT2D eigenvalue weighted by atomic mass is 32.3. The van der Waals surface area contributed by atoms with Crippen molar-refractivity contribution in [3.8, 4) is 0 Å². The Bertz CT molecular complexity index is 221. The third-order valence-electron chi connectivity index (χ3n) is 2.58. The Morgan fingerprint density at radius 2 is 1.53 bits per heavy atom. The van der Waals surface area contributed by atoms with Crippen molar-refractivity contribution in [1.82, 2.24) is 3.71 Å². The van der Waals surface area contributed by atoms with Crippen LogP contribution in [0.5, 0.6) is 0 Å². The average molecular weight is 249 g/mol. The molecule has 1 unspecified atom stereocenters. The molecule has 0 aromatic heterocycles. The molecule has 1 aliphatic carbocycles. The second-order valence-corrected chi connectivity index (χ2v) is 13.9. The molecule has 0 bridgehead atoms. The second kappa shape index (κ2) is 4.72. The van der Waals surface area contributed by atoms with E-state index in [9.17, 15) is 0 Å². The van der Waals surface area contributed by atoms with Crippen molar-refractivity contribution < 1.29 is 0 Å². The molecule has 1 atom stereocenters. The lowest BCUT2D eigenvalue weighted by atomic mass is 10.0. The van der Waals surface area contributed by atoms with Gasteiger partial charge in [-0.15, -0.1) is 0 Å². The summed E-state index contributed by atoms with van der Waals surface area (Å²) in [5, 5.41) is 0. The van der Waals surface area contributed by atoms with Crippen molar-refractivity contribution in [2.45, 2.75) is 25.3 Å². The molecule has 0 amide bonds. The van der Waals surface area contributed by atoms with Crippen molar-refractivity contribution in [3.05, 3.63) is 12.2 Å². The first-order valence-corrected chi connectivity index (χ1v) is 11.2. The van der Waals surface area contributed by atoms with Gasteiger partial charge < -0.3 is 0 Å². The molecular weight excluding hydrogens is 222 g/mol. The highest BCUT2D eigenvalue weighted by molar-refractivity contribution is 8.43. The van der Waals surface area contributed by atoms with Gasteiger partial charge in [0.1, 0.15) is 0 Å². The minimum absolute atomic E-state index is 0.603. The zero-order valence-corrected chi connectivity index (χ0v) is 12.8. The second-order valence-electron chi connectivity index (χ2n) is 5.76. The first kappa shape index (κ1) is 13.5. The molecule has 0 N–H and O–H groups in total. The Balaban J connectivity index is 2.91. The molecule has 0 aliphatic heterocycles. The molecule has 1 rings (SSSR count). The molecular formula is C12H27NS2. The van der Waals surface area contributed by atoms with Gasteiger partial charge in [-0.05, 0) is 56.8 Å². The predicted octanol–water partition coefficient (Wildman–Crippen LogP) is 3.62. The summed E-state index contributed by atoms with van der Waals surface area (Å²) in [4.78, 5) is 0. The Labute approximate surface area is 99.2 Å². The predicted molar refractivity (Wildman–Crippen MR) is 79.3 cm³/mol. The van der Waals surface area contributed by atoms with Crippen molar-refractivity contribution in [3.63, 3.8) is 0 Å². The molecule has 92 valence electrons. The SMILES string of the molecule is CS(C)(C)N(C1C=CCCC1)S(C)(C)C. The van der Waals surface area contributed by atoms with E-state index in [0.29, 0.717) is 6.04 Å². The summed E-state index contributed by atoms with van der Waals surface area (Å²) in [5.41, 5.74) is 0. The van der Waals surface area contributed by atoms with Crippen LogP contribution in [0.4, 0.5) is 0 Å². The van der Waals surface area contributed by atoms with Gasteiger partial charge in [0.25, 0.3) is 0 Å². The van der Waals surface area contributed by atoms with Gasteiger partial charge in [-0.2, -0.15) is 20.4 Å². The third-order valence-corrected chi connectivity index (χ3v) is 7.96. The van der Waals surface area contributed by atoms with E-state index in [1.54, 1.807) is 0 Å². The van der Waals surface area contributed by atoms with Gasteiger partial charge in [0.15, 0.2) is 0 Å². The van der Waals surface area contributed by atoms with E-state index in [1.165, 1.54) is 19.3 Å². The van der Waals surface area contributed by atoms with Crippen LogP contribution in [-0.2, 0) is 0 Å². The van der Waals surface area contributed by atoms with Crippen LogP contribution < -0.4 is 0 Å². The van der Waals surface area contributed by atoms with E-state index in [1.807, 2.05) is 0 Å². The van der Waals surface area contributed by atoms with Gasteiger partial charge in [-0.1, -0.05) is 12.2 Å². The first-order chi connectivity index (χ1) is 6.73. The van der Waals surface area contributed by atoms with E-state index >= 15 is 0 Å². The van der Waals surface area contributed by atoms with Crippen molar-refractivity contribution in [2.24, 2.45) is 0 Å². The van der Waals surface area contributed by atoms with Gasteiger partial charge in [0.05, 0.1) is 0 Å². The summed E-state index contributed by atoms with van der Waals surface area (Å²) in [6, 6.07) is 0.698. The smallest absolute Gasteiger partial charge is 0.0461 e. The fraction of sp³-hybridized carbons (Fsp3) is 0.833. The zero-order chi connectivity index (χ0) is 11.7. The standard InChI is InChI=1S/C12H27NS2/c1-14(2,3)13(15(4,5)6)12-10-8-7-9-11-12/h8,10,12H,7,9,11H2,1-6H3. The Hall–Kier alpha value is 0.400. The Morgan fingerprint density at radius 3 is 1.87 bits per heavy atom. The van der Waals surface area contributed by atoms with Crippen molar-refractivity contribution in [2.75, 3.05) is 37.5 Å². The Kier molecular flexibility index (Phi) is 4.24. The van der Waals surface area contributed by atoms with E-state index in [0.717, 1.165) is 0 Å². The van der Waals surface area contributed by atoms with Gasteiger partial charge in [-0.25, -0.2) is 3.71 Å². The average Bonchev–Trinajstić information content (AvgIpc) is 2.00. The quantitative estimate of drug-likeness (QED) is 0.691. The van der Waals surface area contributed by atoms with Gasteiger partial charge in [0, 0.05) is 6.04 Å². The van der Waals surface area contributed by atoms with Crippen LogP contribution in [0, 0.1) is 0 Å². The number of hydrogen-bond donors (Lipinski definition) is 0. The maximum Gasteiger partial charge on any atom is 0.0461 e. The van der Waals surface area contributed by atoms with Crippen LogP contribution in [0.15, 0.2) is 12.2 Å². The van der Waals surface area contributed by atoms with E-state index in [4.69, 9.17) is 0 Å². The highest BCUT2D eigenvalue weighted by Crippen LogP contribution is 2.59. The van der Waals surface area contributed by atoms with Crippen LogP contribution in [0.3, 0.4) is 0 Å². The molecule has 15 heavy (non-hydrogen) atoms. The molecule has 0 aromatic carbocycles. The summed E-state index contributed by atoms with van der Waals surface area (Å²) in [6.07, 6.45) is 23.4. The van der Waals surface area contributed by atoms with Gasteiger partial charge in [-0.3, -0.25) is 0 Å². The lowest BCUT2D eigenvalue weighted by Gasteiger charge is -2.55. The molecule has 0 heterocycles. The molecule has 0 saturated heterocycles. The number of allylic oxidation sites excluding steroid dienone is 1. The van der Waals surface area contributed by atoms with Crippen molar-refractivity contribution >= 4 is 20.4 Å². The summed E-state index contributed by atoms with van der Waals surface area (Å²) in [5.74, 6) is 0. The highest BCUT2D eigenvalue weighted by Gasteiger charge is 2.31.